The number of rotatable bonds is 1. The molecule has 0 saturated carbocycles. The van der Waals surface area contributed by atoms with Gasteiger partial charge in [0, 0.05) is 18.1 Å². The highest BCUT2D eigenvalue weighted by atomic mass is 15.1. The van der Waals surface area contributed by atoms with Crippen molar-refractivity contribution >= 4 is 0 Å². The van der Waals surface area contributed by atoms with E-state index in [1.807, 2.05) is 12.3 Å². The van der Waals surface area contributed by atoms with Crippen molar-refractivity contribution in [1.82, 2.24) is 14.5 Å². The molecule has 0 aliphatic heterocycles. The van der Waals surface area contributed by atoms with Crippen LogP contribution in [0.4, 0.5) is 0 Å². The van der Waals surface area contributed by atoms with Crippen LogP contribution in [0.5, 0.6) is 0 Å². The summed E-state index contributed by atoms with van der Waals surface area (Å²) in [6.07, 6.45) is 8.37. The number of nitriles is 1. The summed E-state index contributed by atoms with van der Waals surface area (Å²) in [7, 11) is 0. The summed E-state index contributed by atoms with van der Waals surface area (Å²) >= 11 is 0. The van der Waals surface area contributed by atoms with Crippen molar-refractivity contribution in [3.63, 3.8) is 0 Å². The molecule has 4 heteroatoms. The normalized spacial score (nSPS) is 13.4. The molecule has 2 heterocycles. The van der Waals surface area contributed by atoms with E-state index in [1.54, 1.807) is 17.1 Å². The number of aryl methyl sites for hydroxylation is 2. The lowest BCUT2D eigenvalue weighted by Crippen LogP contribution is -2.02. The number of pyridine rings is 1. The van der Waals surface area contributed by atoms with Crippen molar-refractivity contribution in [3.8, 4) is 11.9 Å². The SMILES string of the molecule is N#Cc1cc2c(nc1-n1ccnc1)CCC2. The van der Waals surface area contributed by atoms with Gasteiger partial charge in [0.2, 0.25) is 0 Å². The Balaban J connectivity index is 2.22. The first kappa shape index (κ1) is 9.10. The summed E-state index contributed by atoms with van der Waals surface area (Å²) in [5.41, 5.74) is 2.97. The van der Waals surface area contributed by atoms with Gasteiger partial charge in [-0.15, -0.1) is 0 Å². The van der Waals surface area contributed by atoms with E-state index in [2.05, 4.69) is 16.0 Å². The van der Waals surface area contributed by atoms with Crippen LogP contribution in [0, 0.1) is 11.3 Å². The molecule has 0 atom stereocenters. The Morgan fingerprint density at radius 1 is 1.38 bits per heavy atom. The van der Waals surface area contributed by atoms with Crippen molar-refractivity contribution in [2.45, 2.75) is 19.3 Å². The van der Waals surface area contributed by atoms with Crippen molar-refractivity contribution < 1.29 is 0 Å². The van der Waals surface area contributed by atoms with E-state index in [4.69, 9.17) is 5.26 Å². The second-order valence-electron chi connectivity index (χ2n) is 3.90. The molecule has 0 fully saturated rings. The molecule has 78 valence electrons. The zero-order chi connectivity index (χ0) is 11.0. The molecule has 0 unspecified atom stereocenters. The fraction of sp³-hybridized carbons (Fsp3) is 0.250. The molecule has 1 aliphatic rings. The highest BCUT2D eigenvalue weighted by molar-refractivity contribution is 5.48. The molecule has 0 N–H and O–H groups in total. The van der Waals surface area contributed by atoms with Crippen molar-refractivity contribution in [2.24, 2.45) is 0 Å². The lowest BCUT2D eigenvalue weighted by Gasteiger charge is -2.06. The number of aromatic nitrogens is 3. The minimum absolute atomic E-state index is 0.624. The third-order valence-electron chi connectivity index (χ3n) is 2.90. The summed E-state index contributed by atoms with van der Waals surface area (Å²) in [6, 6.07) is 4.17. The van der Waals surface area contributed by atoms with Crippen LogP contribution in [0.1, 0.15) is 23.2 Å². The van der Waals surface area contributed by atoms with Gasteiger partial charge in [-0.3, -0.25) is 4.57 Å². The van der Waals surface area contributed by atoms with Crippen LogP contribution in [-0.4, -0.2) is 14.5 Å². The fourth-order valence-corrected chi connectivity index (χ4v) is 2.12. The van der Waals surface area contributed by atoms with Crippen LogP contribution >= 0.6 is 0 Å². The Labute approximate surface area is 93.2 Å². The number of fused-ring (bicyclic) bond motifs is 1. The zero-order valence-electron chi connectivity index (χ0n) is 8.72. The minimum Gasteiger partial charge on any atom is -0.289 e. The highest BCUT2D eigenvalue weighted by Crippen LogP contribution is 2.24. The van der Waals surface area contributed by atoms with Gasteiger partial charge in [0.05, 0.1) is 5.56 Å². The predicted octanol–water partition coefficient (Wildman–Crippen LogP) is 1.63. The van der Waals surface area contributed by atoms with E-state index in [-0.39, 0.29) is 0 Å². The summed E-state index contributed by atoms with van der Waals surface area (Å²) in [4.78, 5) is 8.55. The van der Waals surface area contributed by atoms with Gasteiger partial charge < -0.3 is 0 Å². The van der Waals surface area contributed by atoms with Crippen LogP contribution in [0.2, 0.25) is 0 Å². The molecule has 2 aromatic rings. The van der Waals surface area contributed by atoms with Crippen LogP contribution < -0.4 is 0 Å². The van der Waals surface area contributed by atoms with Crippen molar-refractivity contribution in [1.29, 1.82) is 5.26 Å². The lowest BCUT2D eigenvalue weighted by atomic mass is 10.1. The Morgan fingerprint density at radius 3 is 3.06 bits per heavy atom. The van der Waals surface area contributed by atoms with E-state index in [0.29, 0.717) is 11.4 Å². The maximum Gasteiger partial charge on any atom is 0.156 e. The average Bonchev–Trinajstić information content (AvgIpc) is 2.97. The van der Waals surface area contributed by atoms with Gasteiger partial charge in [-0.2, -0.15) is 5.26 Å². The minimum atomic E-state index is 0.624. The topological polar surface area (TPSA) is 54.5 Å². The summed E-state index contributed by atoms with van der Waals surface area (Å²) in [6.45, 7) is 0. The maximum absolute atomic E-state index is 9.12. The first-order valence-corrected chi connectivity index (χ1v) is 5.30. The van der Waals surface area contributed by atoms with E-state index in [1.165, 1.54) is 5.56 Å². The van der Waals surface area contributed by atoms with Gasteiger partial charge in [-0.25, -0.2) is 9.97 Å². The molecule has 0 aromatic carbocycles. The first-order chi connectivity index (χ1) is 7.88. The Bertz CT molecular complexity index is 563. The van der Waals surface area contributed by atoms with E-state index in [9.17, 15) is 0 Å². The molecule has 2 aromatic heterocycles. The lowest BCUT2D eigenvalue weighted by molar-refractivity contribution is 0.890. The summed E-state index contributed by atoms with van der Waals surface area (Å²) in [5, 5.41) is 9.12. The van der Waals surface area contributed by atoms with Gasteiger partial charge in [0.1, 0.15) is 12.4 Å². The molecule has 16 heavy (non-hydrogen) atoms. The smallest absolute Gasteiger partial charge is 0.156 e. The average molecular weight is 210 g/mol. The first-order valence-electron chi connectivity index (χ1n) is 5.30. The molecule has 1 aliphatic carbocycles. The predicted molar refractivity (Wildman–Crippen MR) is 58.1 cm³/mol. The van der Waals surface area contributed by atoms with E-state index in [0.717, 1.165) is 25.0 Å². The maximum atomic E-state index is 9.12. The number of imidazole rings is 1. The number of hydrogen-bond acceptors (Lipinski definition) is 3. The second kappa shape index (κ2) is 3.46. The summed E-state index contributed by atoms with van der Waals surface area (Å²) < 4.78 is 1.79. The monoisotopic (exact) mass is 210 g/mol. The Kier molecular flexibility index (Phi) is 1.97. The van der Waals surface area contributed by atoms with Gasteiger partial charge in [0.15, 0.2) is 5.82 Å². The number of nitrogens with zero attached hydrogens (tertiary/aromatic N) is 4. The van der Waals surface area contributed by atoms with E-state index >= 15 is 0 Å². The van der Waals surface area contributed by atoms with E-state index < -0.39 is 0 Å². The largest absolute Gasteiger partial charge is 0.289 e. The van der Waals surface area contributed by atoms with Crippen LogP contribution in [0.15, 0.2) is 24.8 Å². The van der Waals surface area contributed by atoms with Crippen molar-refractivity contribution in [3.05, 3.63) is 41.6 Å². The molecule has 0 amide bonds. The molecule has 0 spiro atoms. The summed E-state index contributed by atoms with van der Waals surface area (Å²) in [5.74, 6) is 0.695. The highest BCUT2D eigenvalue weighted by Gasteiger charge is 2.16. The molecule has 4 nitrogen and oxygen atoms in total. The van der Waals surface area contributed by atoms with Crippen LogP contribution in [0.3, 0.4) is 0 Å². The fourth-order valence-electron chi connectivity index (χ4n) is 2.12. The molecule has 3 rings (SSSR count). The zero-order valence-corrected chi connectivity index (χ0v) is 8.72. The quantitative estimate of drug-likeness (QED) is 0.718. The van der Waals surface area contributed by atoms with Crippen LogP contribution in [0.25, 0.3) is 5.82 Å². The molecular weight excluding hydrogens is 200 g/mol. The number of hydrogen-bond donors (Lipinski definition) is 0. The second-order valence-corrected chi connectivity index (χ2v) is 3.90. The molecule has 0 bridgehead atoms. The standard InChI is InChI=1S/C12H10N4/c13-7-10-6-9-2-1-3-11(9)15-12(10)16-5-4-14-8-16/h4-6,8H,1-3H2. The van der Waals surface area contributed by atoms with Gasteiger partial charge >= 0.3 is 0 Å². The Hall–Kier alpha value is -2.15. The van der Waals surface area contributed by atoms with Crippen LogP contribution in [-0.2, 0) is 12.8 Å². The Morgan fingerprint density at radius 2 is 2.31 bits per heavy atom. The van der Waals surface area contributed by atoms with Gasteiger partial charge in [-0.05, 0) is 30.9 Å². The van der Waals surface area contributed by atoms with Gasteiger partial charge in [-0.1, -0.05) is 0 Å². The van der Waals surface area contributed by atoms with Crippen molar-refractivity contribution in [2.75, 3.05) is 0 Å². The third kappa shape index (κ3) is 1.29. The third-order valence-corrected chi connectivity index (χ3v) is 2.90. The molecule has 0 saturated heterocycles. The van der Waals surface area contributed by atoms with Gasteiger partial charge in [0.25, 0.3) is 0 Å². The molecule has 0 radical (unpaired) electrons. The molecular formula is C12H10N4.